The van der Waals surface area contributed by atoms with Crippen molar-refractivity contribution >= 4 is 35.6 Å². The van der Waals surface area contributed by atoms with E-state index in [1.54, 1.807) is 0 Å². The monoisotopic (exact) mass is 527 g/mol. The van der Waals surface area contributed by atoms with Crippen molar-refractivity contribution in [3.8, 4) is 0 Å². The Morgan fingerprint density at radius 3 is 2.03 bits per heavy atom. The highest BCUT2D eigenvalue weighted by Gasteiger charge is 2.31. The summed E-state index contributed by atoms with van der Waals surface area (Å²) in [6.07, 6.45) is 2.07. The fourth-order valence-electron chi connectivity index (χ4n) is 3.19. The Labute approximate surface area is 211 Å². The summed E-state index contributed by atoms with van der Waals surface area (Å²) < 4.78 is 0. The van der Waals surface area contributed by atoms with Crippen LogP contribution < -0.4 is 27.4 Å². The lowest BCUT2D eigenvalue weighted by atomic mass is 10.1. The van der Waals surface area contributed by atoms with Crippen LogP contribution in [0.4, 0.5) is 0 Å². The summed E-state index contributed by atoms with van der Waals surface area (Å²) in [6.45, 7) is 0.343. The topological polar surface area (TPSA) is 280 Å². The first-order chi connectivity index (χ1) is 17.4. The summed E-state index contributed by atoms with van der Waals surface area (Å²) in [4.78, 5) is 78.3. The lowest BCUT2D eigenvalue weighted by molar-refractivity contribution is -0.143. The van der Waals surface area contributed by atoms with Crippen LogP contribution in [0.2, 0.25) is 0 Å². The molecule has 1 heterocycles. The molecule has 16 heteroatoms. The lowest BCUT2D eigenvalue weighted by Crippen LogP contribution is -2.58. The molecule has 37 heavy (non-hydrogen) atoms. The number of rotatable bonds is 18. The van der Waals surface area contributed by atoms with Crippen molar-refractivity contribution in [1.29, 1.82) is 0 Å². The quantitative estimate of drug-likeness (QED) is 0.0881. The van der Waals surface area contributed by atoms with E-state index in [0.29, 0.717) is 25.1 Å². The van der Waals surface area contributed by atoms with Crippen molar-refractivity contribution in [1.82, 2.24) is 25.9 Å². The van der Waals surface area contributed by atoms with Crippen molar-refractivity contribution in [2.75, 3.05) is 6.54 Å². The minimum Gasteiger partial charge on any atom is -0.481 e. The number of imidazole rings is 1. The summed E-state index contributed by atoms with van der Waals surface area (Å²) in [5, 5.41) is 34.2. The number of carboxylic acid groups (broad SMARTS) is 3. The van der Waals surface area contributed by atoms with Crippen molar-refractivity contribution in [3.05, 3.63) is 18.2 Å². The Kier molecular flexibility index (Phi) is 13.3. The van der Waals surface area contributed by atoms with Gasteiger partial charge in [0.15, 0.2) is 0 Å². The first kappa shape index (κ1) is 31.0. The van der Waals surface area contributed by atoms with Gasteiger partial charge in [-0.15, -0.1) is 0 Å². The SMILES string of the molecule is NCCCCC(NC(=O)C(Cc1cnc[nH]1)NC(=O)C(CC(=O)O)NC(=O)C(N)CCC(=O)O)C(=O)O. The van der Waals surface area contributed by atoms with E-state index in [-0.39, 0.29) is 19.3 Å². The van der Waals surface area contributed by atoms with Crippen LogP contribution in [0.15, 0.2) is 12.5 Å². The summed E-state index contributed by atoms with van der Waals surface area (Å²) in [5.41, 5.74) is 11.5. The average molecular weight is 528 g/mol. The third-order valence-corrected chi connectivity index (χ3v) is 5.19. The Bertz CT molecular complexity index is 939. The van der Waals surface area contributed by atoms with Crippen LogP contribution in [0.25, 0.3) is 0 Å². The number of nitrogens with one attached hydrogen (secondary N) is 4. The molecule has 3 amide bonds. The fraction of sp³-hybridized carbons (Fsp3) is 0.571. The van der Waals surface area contributed by atoms with Crippen LogP contribution in [0.3, 0.4) is 0 Å². The van der Waals surface area contributed by atoms with Gasteiger partial charge in [-0.25, -0.2) is 9.78 Å². The van der Waals surface area contributed by atoms with E-state index in [1.165, 1.54) is 12.5 Å². The number of aromatic amines is 1. The van der Waals surface area contributed by atoms with Gasteiger partial charge in [-0.2, -0.15) is 0 Å². The number of hydrogen-bond donors (Lipinski definition) is 9. The van der Waals surface area contributed by atoms with Gasteiger partial charge in [0.1, 0.15) is 18.1 Å². The zero-order valence-electron chi connectivity index (χ0n) is 20.0. The van der Waals surface area contributed by atoms with Gasteiger partial charge in [0.05, 0.1) is 18.8 Å². The number of carboxylic acids is 3. The molecule has 0 saturated carbocycles. The summed E-state index contributed by atoms with van der Waals surface area (Å²) in [5.74, 6) is -6.79. The Hall–Kier alpha value is -4.05. The molecule has 4 unspecified atom stereocenters. The Morgan fingerprint density at radius 1 is 0.865 bits per heavy atom. The van der Waals surface area contributed by atoms with Gasteiger partial charge in [-0.1, -0.05) is 0 Å². The minimum absolute atomic E-state index is 0.0922. The maximum atomic E-state index is 12.9. The second kappa shape index (κ2) is 15.8. The molecule has 0 radical (unpaired) electrons. The summed E-state index contributed by atoms with van der Waals surface area (Å²) in [7, 11) is 0. The molecule has 1 aromatic rings. The smallest absolute Gasteiger partial charge is 0.326 e. The standard InChI is InChI=1S/C21H33N7O9/c22-6-2-1-3-13(21(36)37)26-19(34)14(7-11-9-24-10-25-11)28-20(35)15(8-17(31)32)27-18(33)12(23)4-5-16(29)30/h9-10,12-15H,1-8,22-23H2,(H,24,25)(H,26,34)(H,27,33)(H,28,35)(H,29,30)(H,31,32)(H,36,37). The largest absolute Gasteiger partial charge is 0.481 e. The molecular formula is C21H33N7O9. The van der Waals surface area contributed by atoms with Crippen LogP contribution in [0.1, 0.15) is 44.2 Å². The van der Waals surface area contributed by atoms with Crippen LogP contribution in [0.5, 0.6) is 0 Å². The maximum Gasteiger partial charge on any atom is 0.326 e. The van der Waals surface area contributed by atoms with Crippen LogP contribution in [-0.2, 0) is 35.2 Å². The Morgan fingerprint density at radius 2 is 1.49 bits per heavy atom. The molecule has 0 aliphatic carbocycles. The molecule has 4 atom stereocenters. The molecule has 1 rings (SSSR count). The van der Waals surface area contributed by atoms with Gasteiger partial charge in [0, 0.05) is 24.7 Å². The molecule has 0 aromatic carbocycles. The van der Waals surface area contributed by atoms with Crippen molar-refractivity contribution in [2.45, 2.75) is 69.1 Å². The highest BCUT2D eigenvalue weighted by Crippen LogP contribution is 2.06. The van der Waals surface area contributed by atoms with Gasteiger partial charge < -0.3 is 47.7 Å². The highest BCUT2D eigenvalue weighted by molar-refractivity contribution is 5.95. The molecule has 0 fully saturated rings. The molecule has 11 N–H and O–H groups in total. The van der Waals surface area contributed by atoms with E-state index in [1.807, 2.05) is 0 Å². The van der Waals surface area contributed by atoms with Crippen molar-refractivity contribution < 1.29 is 44.1 Å². The highest BCUT2D eigenvalue weighted by atomic mass is 16.4. The van der Waals surface area contributed by atoms with E-state index in [2.05, 4.69) is 25.9 Å². The van der Waals surface area contributed by atoms with Gasteiger partial charge in [-0.05, 0) is 32.2 Å². The molecular weight excluding hydrogens is 494 g/mol. The summed E-state index contributed by atoms with van der Waals surface area (Å²) >= 11 is 0. The van der Waals surface area contributed by atoms with Gasteiger partial charge in [0.25, 0.3) is 0 Å². The molecule has 16 nitrogen and oxygen atoms in total. The number of nitrogens with two attached hydrogens (primary N) is 2. The van der Waals surface area contributed by atoms with Gasteiger partial charge >= 0.3 is 17.9 Å². The zero-order valence-corrected chi connectivity index (χ0v) is 20.0. The van der Waals surface area contributed by atoms with Crippen molar-refractivity contribution in [2.24, 2.45) is 11.5 Å². The van der Waals surface area contributed by atoms with Crippen LogP contribution in [0, 0.1) is 0 Å². The summed E-state index contributed by atoms with van der Waals surface area (Å²) in [6, 6.07) is -5.60. The molecule has 0 saturated heterocycles. The molecule has 206 valence electrons. The normalized spacial score (nSPS) is 14.0. The van der Waals surface area contributed by atoms with E-state index >= 15 is 0 Å². The third-order valence-electron chi connectivity index (χ3n) is 5.19. The predicted molar refractivity (Wildman–Crippen MR) is 126 cm³/mol. The molecule has 0 aliphatic rings. The van der Waals surface area contributed by atoms with E-state index in [0.717, 1.165) is 0 Å². The first-order valence-electron chi connectivity index (χ1n) is 11.4. The minimum atomic E-state index is -1.65. The number of nitrogens with zero attached hydrogens (tertiary/aromatic N) is 1. The molecule has 0 spiro atoms. The van der Waals surface area contributed by atoms with Crippen LogP contribution in [-0.4, -0.2) is 91.6 Å². The number of unbranched alkanes of at least 4 members (excludes halogenated alkanes) is 1. The number of hydrogen-bond acceptors (Lipinski definition) is 9. The second-order valence-corrected chi connectivity index (χ2v) is 8.22. The molecule has 1 aromatic heterocycles. The number of aromatic nitrogens is 2. The first-order valence-corrected chi connectivity index (χ1v) is 11.4. The number of carbonyl (C=O) groups excluding carboxylic acids is 3. The second-order valence-electron chi connectivity index (χ2n) is 8.22. The Balaban J connectivity index is 3.02. The lowest BCUT2D eigenvalue weighted by Gasteiger charge is -2.24. The number of amides is 3. The molecule has 0 bridgehead atoms. The van der Waals surface area contributed by atoms with Crippen LogP contribution >= 0.6 is 0 Å². The van der Waals surface area contributed by atoms with E-state index in [9.17, 15) is 39.0 Å². The predicted octanol–water partition coefficient (Wildman–Crippen LogP) is -2.71. The van der Waals surface area contributed by atoms with E-state index < -0.39 is 72.6 Å². The number of aliphatic carboxylic acids is 3. The van der Waals surface area contributed by atoms with Crippen molar-refractivity contribution in [3.63, 3.8) is 0 Å². The number of carbonyl (C=O) groups is 6. The zero-order chi connectivity index (χ0) is 28.0. The average Bonchev–Trinajstić information content (AvgIpc) is 3.33. The number of H-pyrrole nitrogens is 1. The van der Waals surface area contributed by atoms with Gasteiger partial charge in [-0.3, -0.25) is 24.0 Å². The maximum absolute atomic E-state index is 12.9. The fourth-order valence-corrected chi connectivity index (χ4v) is 3.19. The third kappa shape index (κ3) is 12.0. The van der Waals surface area contributed by atoms with E-state index in [4.69, 9.17) is 16.6 Å². The molecule has 0 aliphatic heterocycles. The van der Waals surface area contributed by atoms with Gasteiger partial charge in [0.2, 0.25) is 17.7 Å².